The van der Waals surface area contributed by atoms with Gasteiger partial charge in [-0.1, -0.05) is 126 Å². The molecule has 0 radical (unpaired) electrons. The molecule has 0 heterocycles. The maximum Gasteiger partial charge on any atom is 0.224 e. The molecule has 2 atom stereocenters. The Morgan fingerprint density at radius 2 is 0.806 bits per heavy atom. The molecule has 0 aliphatic carbocycles. The Labute approximate surface area is 216 Å². The lowest BCUT2D eigenvalue weighted by Gasteiger charge is -2.09. The molecule has 4 aromatic rings. The highest BCUT2D eigenvalue weighted by atomic mass is 31.1. The minimum Gasteiger partial charge on any atom is -0.354 e. The second-order valence-corrected chi connectivity index (χ2v) is 11.2. The first-order valence-corrected chi connectivity index (χ1v) is 14.0. The van der Waals surface area contributed by atoms with E-state index in [1.165, 1.54) is 21.2 Å². The monoisotopic (exact) mass is 512 g/mol. The third-order valence-corrected chi connectivity index (χ3v) is 8.02. The van der Waals surface area contributed by atoms with Crippen molar-refractivity contribution in [3.8, 4) is 0 Å². The maximum atomic E-state index is 12.3. The summed E-state index contributed by atoms with van der Waals surface area (Å²) in [7, 11) is 1.22. The Bertz CT molecular complexity index is 1140. The van der Waals surface area contributed by atoms with E-state index < -0.39 is 0 Å². The van der Waals surface area contributed by atoms with Crippen LogP contribution in [0.15, 0.2) is 109 Å². The van der Waals surface area contributed by atoms with Gasteiger partial charge >= 0.3 is 0 Å². The number of benzene rings is 4. The zero-order valence-electron chi connectivity index (χ0n) is 20.0. The number of carbonyl (C=O) groups excluding carboxylic acids is 2. The molecule has 36 heavy (non-hydrogen) atoms. The van der Waals surface area contributed by atoms with Crippen LogP contribution in [0.25, 0.3) is 0 Å². The summed E-state index contributed by atoms with van der Waals surface area (Å²) >= 11 is 0. The second-order valence-electron chi connectivity index (χ2n) is 8.43. The van der Waals surface area contributed by atoms with Gasteiger partial charge in [0.05, 0.1) is 12.8 Å². The molecule has 0 aromatic heterocycles. The van der Waals surface area contributed by atoms with Crippen molar-refractivity contribution in [1.29, 1.82) is 0 Å². The van der Waals surface area contributed by atoms with Crippen LogP contribution < -0.4 is 31.9 Å². The Morgan fingerprint density at radius 1 is 0.472 bits per heavy atom. The fourth-order valence-electron chi connectivity index (χ4n) is 3.69. The van der Waals surface area contributed by atoms with Gasteiger partial charge in [0.2, 0.25) is 11.8 Å². The van der Waals surface area contributed by atoms with E-state index >= 15 is 0 Å². The number of hydrogen-bond acceptors (Lipinski definition) is 2. The molecule has 182 valence electrons. The Hall–Kier alpha value is -3.32. The van der Waals surface area contributed by atoms with Crippen molar-refractivity contribution in [2.75, 3.05) is 13.1 Å². The average molecular weight is 513 g/mol. The molecule has 4 aromatic carbocycles. The van der Waals surface area contributed by atoms with Gasteiger partial charge in [0, 0.05) is 13.1 Å². The molecule has 4 nitrogen and oxygen atoms in total. The summed E-state index contributed by atoms with van der Waals surface area (Å²) < 4.78 is 0. The molecular formula is C30H30N2O2P2. The summed E-state index contributed by atoms with van der Waals surface area (Å²) in [5, 5.41) is 10.9. The molecule has 0 saturated carbocycles. The standard InChI is InChI=1S/C30H30N2O2P2/c33-29(21-23-11-15-27(16-12-23)35-25-7-3-1-4-8-25)31-19-20-32-30(34)22-24-13-17-28(18-14-24)36-26-9-5-2-6-10-26/h1-18,35-36H,19-22H2,(H,31,33)(H,32,34). The number of nitrogens with one attached hydrogen (secondary N) is 2. The number of amides is 2. The summed E-state index contributed by atoms with van der Waals surface area (Å²) in [6, 6.07) is 37.1. The third kappa shape index (κ3) is 8.72. The van der Waals surface area contributed by atoms with Gasteiger partial charge in [-0.05, 0) is 32.3 Å². The van der Waals surface area contributed by atoms with Crippen LogP contribution in [-0.2, 0) is 22.4 Å². The number of rotatable bonds is 11. The fourth-order valence-corrected chi connectivity index (χ4v) is 5.74. The molecule has 6 heteroatoms. The molecule has 2 amide bonds. The van der Waals surface area contributed by atoms with Crippen LogP contribution in [0.1, 0.15) is 11.1 Å². The highest BCUT2D eigenvalue weighted by Crippen LogP contribution is 2.12. The summed E-state index contributed by atoms with van der Waals surface area (Å²) in [5.41, 5.74) is 1.96. The van der Waals surface area contributed by atoms with Gasteiger partial charge in [0.1, 0.15) is 0 Å². The maximum absolute atomic E-state index is 12.3. The first kappa shape index (κ1) is 25.8. The predicted octanol–water partition coefficient (Wildman–Crippen LogP) is 2.96. The average Bonchev–Trinajstić information content (AvgIpc) is 2.90. The summed E-state index contributed by atoms with van der Waals surface area (Å²) in [4.78, 5) is 24.5. The number of carbonyl (C=O) groups is 2. The van der Waals surface area contributed by atoms with E-state index in [0.717, 1.165) is 11.1 Å². The number of hydrogen-bond donors (Lipinski definition) is 2. The van der Waals surface area contributed by atoms with Gasteiger partial charge in [-0.3, -0.25) is 9.59 Å². The topological polar surface area (TPSA) is 58.2 Å². The van der Waals surface area contributed by atoms with Gasteiger partial charge in [-0.15, -0.1) is 0 Å². The molecule has 0 fully saturated rings. The van der Waals surface area contributed by atoms with Crippen molar-refractivity contribution in [2.45, 2.75) is 12.8 Å². The second kappa shape index (κ2) is 13.7. The van der Waals surface area contributed by atoms with E-state index in [1.54, 1.807) is 0 Å². The van der Waals surface area contributed by atoms with Crippen LogP contribution in [0, 0.1) is 0 Å². The SMILES string of the molecule is O=C(Cc1ccc(Pc2ccccc2)cc1)NCCNC(=O)Cc1ccc(Pc2ccccc2)cc1. The molecular weight excluding hydrogens is 482 g/mol. The van der Waals surface area contributed by atoms with Crippen LogP contribution in [0.5, 0.6) is 0 Å². The van der Waals surface area contributed by atoms with Gasteiger partial charge in [0.15, 0.2) is 0 Å². The van der Waals surface area contributed by atoms with Gasteiger partial charge in [0.25, 0.3) is 0 Å². The third-order valence-electron chi connectivity index (χ3n) is 5.53. The minimum absolute atomic E-state index is 0.0441. The van der Waals surface area contributed by atoms with E-state index in [1.807, 2.05) is 60.7 Å². The van der Waals surface area contributed by atoms with Crippen LogP contribution in [0.2, 0.25) is 0 Å². The highest BCUT2D eigenvalue weighted by Gasteiger charge is 2.06. The zero-order chi connectivity index (χ0) is 25.0. The molecule has 2 unspecified atom stereocenters. The van der Waals surface area contributed by atoms with Gasteiger partial charge < -0.3 is 10.6 Å². The van der Waals surface area contributed by atoms with Gasteiger partial charge in [-0.2, -0.15) is 0 Å². The Kier molecular flexibility index (Phi) is 9.79. The highest BCUT2D eigenvalue weighted by molar-refractivity contribution is 7.55. The van der Waals surface area contributed by atoms with Crippen LogP contribution in [-0.4, -0.2) is 24.9 Å². The molecule has 0 bridgehead atoms. The summed E-state index contributed by atoms with van der Waals surface area (Å²) in [5.74, 6) is -0.0882. The van der Waals surface area contributed by atoms with Crippen LogP contribution in [0.4, 0.5) is 0 Å². The molecule has 0 saturated heterocycles. The first-order chi connectivity index (χ1) is 17.6. The summed E-state index contributed by atoms with van der Waals surface area (Å²) in [6.07, 6.45) is 0.664. The molecule has 0 aliphatic rings. The van der Waals surface area contributed by atoms with E-state index in [9.17, 15) is 9.59 Å². The van der Waals surface area contributed by atoms with Crippen molar-refractivity contribution in [3.63, 3.8) is 0 Å². The summed E-state index contributed by atoms with van der Waals surface area (Å²) in [6.45, 7) is 0.824. The lowest BCUT2D eigenvalue weighted by Crippen LogP contribution is -2.35. The Balaban J connectivity index is 1.12. The van der Waals surface area contributed by atoms with E-state index in [4.69, 9.17) is 0 Å². The van der Waals surface area contributed by atoms with Gasteiger partial charge in [-0.25, -0.2) is 0 Å². The van der Waals surface area contributed by atoms with E-state index in [-0.39, 0.29) is 11.8 Å². The normalized spacial score (nSPS) is 11.2. The Morgan fingerprint density at radius 3 is 1.17 bits per heavy atom. The van der Waals surface area contributed by atoms with Crippen LogP contribution in [0.3, 0.4) is 0 Å². The minimum atomic E-state index is -0.0441. The van der Waals surface area contributed by atoms with Crippen molar-refractivity contribution < 1.29 is 9.59 Å². The molecule has 0 spiro atoms. The van der Waals surface area contributed by atoms with Crippen molar-refractivity contribution in [1.82, 2.24) is 10.6 Å². The van der Waals surface area contributed by atoms with Crippen molar-refractivity contribution in [2.24, 2.45) is 0 Å². The van der Waals surface area contributed by atoms with Crippen molar-refractivity contribution in [3.05, 3.63) is 120 Å². The van der Waals surface area contributed by atoms with E-state index in [2.05, 4.69) is 59.2 Å². The largest absolute Gasteiger partial charge is 0.354 e. The smallest absolute Gasteiger partial charge is 0.224 e. The quantitative estimate of drug-likeness (QED) is 0.240. The fraction of sp³-hybridized carbons (Fsp3) is 0.133. The predicted molar refractivity (Wildman–Crippen MR) is 154 cm³/mol. The van der Waals surface area contributed by atoms with Crippen molar-refractivity contribution >= 4 is 50.2 Å². The zero-order valence-corrected chi connectivity index (χ0v) is 22.0. The first-order valence-electron chi connectivity index (χ1n) is 12.0. The molecule has 0 aliphatic heterocycles. The molecule has 4 rings (SSSR count). The lowest BCUT2D eigenvalue weighted by atomic mass is 10.1. The molecule has 2 N–H and O–H groups in total. The lowest BCUT2D eigenvalue weighted by molar-refractivity contribution is -0.122. The van der Waals surface area contributed by atoms with Crippen LogP contribution >= 0.6 is 17.2 Å². The van der Waals surface area contributed by atoms with E-state index in [0.29, 0.717) is 43.1 Å².